The van der Waals surface area contributed by atoms with Crippen molar-refractivity contribution in [2.24, 2.45) is 11.1 Å². The van der Waals surface area contributed by atoms with Gasteiger partial charge in [0.05, 0.1) is 5.41 Å². The van der Waals surface area contributed by atoms with E-state index in [-0.39, 0.29) is 5.91 Å². The third-order valence-electron chi connectivity index (χ3n) is 6.19. The van der Waals surface area contributed by atoms with Gasteiger partial charge in [0.2, 0.25) is 5.91 Å². The van der Waals surface area contributed by atoms with Crippen molar-refractivity contribution in [3.8, 4) is 0 Å². The summed E-state index contributed by atoms with van der Waals surface area (Å²) in [5.41, 5.74) is 8.01. The van der Waals surface area contributed by atoms with Gasteiger partial charge in [0.1, 0.15) is 0 Å². The van der Waals surface area contributed by atoms with Gasteiger partial charge in [-0.2, -0.15) is 0 Å². The van der Waals surface area contributed by atoms with E-state index in [0.717, 1.165) is 13.1 Å². The lowest BCUT2D eigenvalue weighted by atomic mass is 9.79. The molecule has 0 aromatic heterocycles. The molecule has 0 bridgehead atoms. The van der Waals surface area contributed by atoms with Crippen LogP contribution < -0.4 is 11.1 Å². The van der Waals surface area contributed by atoms with Crippen LogP contribution in [0.1, 0.15) is 50.2 Å². The van der Waals surface area contributed by atoms with Crippen molar-refractivity contribution < 1.29 is 9.53 Å². The Labute approximate surface area is 157 Å². The molecule has 3 N–H and O–H groups in total. The van der Waals surface area contributed by atoms with Gasteiger partial charge in [0.15, 0.2) is 0 Å². The van der Waals surface area contributed by atoms with E-state index in [2.05, 4.69) is 41.4 Å². The van der Waals surface area contributed by atoms with Crippen molar-refractivity contribution in [2.75, 3.05) is 26.3 Å². The summed E-state index contributed by atoms with van der Waals surface area (Å²) in [6, 6.07) is 9.10. The number of carbonyl (C=O) groups excluding carboxylic acids is 1. The molecule has 1 aromatic carbocycles. The molecule has 26 heavy (non-hydrogen) atoms. The predicted octanol–water partition coefficient (Wildman–Crippen LogP) is 2.43. The fourth-order valence-corrected chi connectivity index (χ4v) is 4.14. The smallest absolute Gasteiger partial charge is 0.227 e. The highest BCUT2D eigenvalue weighted by molar-refractivity contribution is 5.83. The molecule has 144 valence electrons. The highest BCUT2D eigenvalue weighted by Crippen LogP contribution is 2.29. The molecule has 0 aliphatic carbocycles. The van der Waals surface area contributed by atoms with E-state index in [4.69, 9.17) is 10.5 Å². The van der Waals surface area contributed by atoms with Crippen molar-refractivity contribution in [3.05, 3.63) is 35.4 Å². The number of nitrogens with two attached hydrogens (primary N) is 1. The third-order valence-corrected chi connectivity index (χ3v) is 6.19. The average Bonchev–Trinajstić information content (AvgIpc) is 2.69. The van der Waals surface area contributed by atoms with Gasteiger partial charge in [-0.3, -0.25) is 9.69 Å². The van der Waals surface area contributed by atoms with Gasteiger partial charge in [0, 0.05) is 38.9 Å². The summed E-state index contributed by atoms with van der Waals surface area (Å²) in [5.74, 6) is 0.0736. The maximum absolute atomic E-state index is 12.8. The summed E-state index contributed by atoms with van der Waals surface area (Å²) in [5, 5.41) is 3.16. The van der Waals surface area contributed by atoms with Gasteiger partial charge in [-0.25, -0.2) is 0 Å². The Morgan fingerprint density at radius 1 is 1.27 bits per heavy atom. The number of benzene rings is 1. The van der Waals surface area contributed by atoms with Crippen LogP contribution in [0, 0.1) is 5.41 Å². The second-order valence-electron chi connectivity index (χ2n) is 7.86. The Morgan fingerprint density at radius 3 is 2.69 bits per heavy atom. The van der Waals surface area contributed by atoms with Crippen molar-refractivity contribution in [1.29, 1.82) is 0 Å². The van der Waals surface area contributed by atoms with Gasteiger partial charge >= 0.3 is 0 Å². The maximum atomic E-state index is 12.8. The van der Waals surface area contributed by atoms with Crippen LogP contribution in [-0.2, 0) is 22.6 Å². The summed E-state index contributed by atoms with van der Waals surface area (Å²) in [6.45, 7) is 6.64. The lowest BCUT2D eigenvalue weighted by Gasteiger charge is -2.35. The van der Waals surface area contributed by atoms with Crippen LogP contribution in [0.3, 0.4) is 0 Å². The number of ether oxygens (including phenoxy) is 1. The van der Waals surface area contributed by atoms with Gasteiger partial charge in [-0.1, -0.05) is 30.7 Å². The first-order valence-corrected chi connectivity index (χ1v) is 10.0. The summed E-state index contributed by atoms with van der Waals surface area (Å²) in [6.07, 6.45) is 5.31. The summed E-state index contributed by atoms with van der Waals surface area (Å²) >= 11 is 0. The highest BCUT2D eigenvalue weighted by atomic mass is 16.5. The van der Waals surface area contributed by atoms with Crippen LogP contribution in [0.4, 0.5) is 0 Å². The summed E-state index contributed by atoms with van der Waals surface area (Å²) in [4.78, 5) is 15.4. The number of hydrogen-bond donors (Lipinski definition) is 2. The molecule has 1 unspecified atom stereocenters. The van der Waals surface area contributed by atoms with Crippen LogP contribution in [0.15, 0.2) is 24.3 Å². The normalized spacial score (nSPS) is 23.5. The van der Waals surface area contributed by atoms with Crippen LogP contribution in [0.25, 0.3) is 0 Å². The second-order valence-corrected chi connectivity index (χ2v) is 7.86. The van der Waals surface area contributed by atoms with Crippen molar-refractivity contribution >= 4 is 5.91 Å². The Balaban J connectivity index is 1.63. The molecule has 2 saturated heterocycles. The average molecular weight is 360 g/mol. The largest absolute Gasteiger partial charge is 0.381 e. The summed E-state index contributed by atoms with van der Waals surface area (Å²) < 4.78 is 5.41. The molecule has 2 aliphatic rings. The zero-order valence-corrected chi connectivity index (χ0v) is 16.0. The number of amides is 1. The van der Waals surface area contributed by atoms with E-state index in [1.165, 1.54) is 30.4 Å². The molecule has 5 nitrogen and oxygen atoms in total. The van der Waals surface area contributed by atoms with E-state index in [9.17, 15) is 4.79 Å². The monoisotopic (exact) mass is 359 g/mol. The molecule has 3 rings (SSSR count). The molecule has 2 fully saturated rings. The standard InChI is InChI=1S/C21H33N3O2/c1-17-6-4-5-11-24(17)15-19-8-3-2-7-18(19)14-23-20(25)21(16-22)9-12-26-13-10-21/h2-3,7-8,17H,4-6,9-16,22H2,1H3,(H,23,25). The molecule has 5 heteroatoms. The van der Waals surface area contributed by atoms with Crippen LogP contribution >= 0.6 is 0 Å². The lowest BCUT2D eigenvalue weighted by Crippen LogP contribution is -2.49. The maximum Gasteiger partial charge on any atom is 0.227 e. The Morgan fingerprint density at radius 2 is 2.00 bits per heavy atom. The Hall–Kier alpha value is -1.43. The topological polar surface area (TPSA) is 67.6 Å². The van der Waals surface area contributed by atoms with Crippen molar-refractivity contribution in [2.45, 2.75) is 58.2 Å². The molecule has 2 heterocycles. The fraction of sp³-hybridized carbons (Fsp3) is 0.667. The first-order valence-electron chi connectivity index (χ1n) is 10.0. The quantitative estimate of drug-likeness (QED) is 0.819. The third kappa shape index (κ3) is 4.45. The molecule has 1 aromatic rings. The van der Waals surface area contributed by atoms with E-state index in [0.29, 0.717) is 45.2 Å². The van der Waals surface area contributed by atoms with Crippen molar-refractivity contribution in [1.82, 2.24) is 10.2 Å². The van der Waals surface area contributed by atoms with E-state index >= 15 is 0 Å². The number of piperidine rings is 1. The first kappa shape index (κ1) is 19.3. The van der Waals surface area contributed by atoms with Gasteiger partial charge in [0.25, 0.3) is 0 Å². The molecular formula is C21H33N3O2. The minimum absolute atomic E-state index is 0.0736. The first-order chi connectivity index (χ1) is 12.6. The minimum Gasteiger partial charge on any atom is -0.381 e. The number of rotatable bonds is 6. The molecule has 0 radical (unpaired) electrons. The molecular weight excluding hydrogens is 326 g/mol. The second kappa shape index (κ2) is 8.98. The number of nitrogens with zero attached hydrogens (tertiary/aromatic N) is 1. The van der Waals surface area contributed by atoms with Crippen LogP contribution in [0.5, 0.6) is 0 Å². The number of carbonyl (C=O) groups is 1. The van der Waals surface area contributed by atoms with E-state index in [1.807, 2.05) is 0 Å². The molecule has 1 amide bonds. The summed E-state index contributed by atoms with van der Waals surface area (Å²) in [7, 11) is 0. The number of likely N-dealkylation sites (tertiary alicyclic amines) is 1. The minimum atomic E-state index is -0.464. The predicted molar refractivity (Wildman–Crippen MR) is 104 cm³/mol. The molecule has 2 aliphatic heterocycles. The number of nitrogens with one attached hydrogen (secondary N) is 1. The van der Waals surface area contributed by atoms with Gasteiger partial charge in [-0.15, -0.1) is 0 Å². The molecule has 0 saturated carbocycles. The van der Waals surface area contributed by atoms with E-state index in [1.54, 1.807) is 0 Å². The van der Waals surface area contributed by atoms with Gasteiger partial charge in [-0.05, 0) is 50.3 Å². The highest BCUT2D eigenvalue weighted by Gasteiger charge is 2.38. The van der Waals surface area contributed by atoms with E-state index < -0.39 is 5.41 Å². The molecule has 1 atom stereocenters. The number of hydrogen-bond acceptors (Lipinski definition) is 4. The zero-order valence-electron chi connectivity index (χ0n) is 16.0. The van der Waals surface area contributed by atoms with Gasteiger partial charge < -0.3 is 15.8 Å². The Bertz CT molecular complexity index is 599. The van der Waals surface area contributed by atoms with Crippen molar-refractivity contribution in [3.63, 3.8) is 0 Å². The lowest BCUT2D eigenvalue weighted by molar-refractivity contribution is -0.136. The Kier molecular flexibility index (Phi) is 6.68. The molecule has 0 spiro atoms. The zero-order chi connectivity index (χ0) is 18.4. The van der Waals surface area contributed by atoms with Crippen LogP contribution in [-0.4, -0.2) is 43.2 Å². The SMILES string of the molecule is CC1CCCCN1Cc1ccccc1CNC(=O)C1(CN)CCOCC1. The van der Waals surface area contributed by atoms with Crippen LogP contribution in [0.2, 0.25) is 0 Å². The fourth-order valence-electron chi connectivity index (χ4n) is 4.14.